The van der Waals surface area contributed by atoms with Crippen molar-refractivity contribution in [3.05, 3.63) is 54.0 Å². The number of furan rings is 1. The van der Waals surface area contributed by atoms with Crippen LogP contribution in [0.5, 0.6) is 0 Å². The predicted octanol–water partition coefficient (Wildman–Crippen LogP) is 4.53. The third-order valence-corrected chi connectivity index (χ3v) is 4.99. The second-order valence-electron chi connectivity index (χ2n) is 6.89. The van der Waals surface area contributed by atoms with Crippen LogP contribution in [0.2, 0.25) is 0 Å². The Morgan fingerprint density at radius 1 is 1.16 bits per heavy atom. The van der Waals surface area contributed by atoms with Crippen molar-refractivity contribution < 1.29 is 4.42 Å². The molecule has 1 aromatic carbocycles. The summed E-state index contributed by atoms with van der Waals surface area (Å²) in [6, 6.07) is 12.7. The van der Waals surface area contributed by atoms with E-state index in [1.54, 1.807) is 6.26 Å². The molecule has 2 aromatic rings. The fourth-order valence-corrected chi connectivity index (χ4v) is 3.46. The van der Waals surface area contributed by atoms with E-state index in [2.05, 4.69) is 53.6 Å². The van der Waals surface area contributed by atoms with Crippen LogP contribution >= 0.6 is 12.2 Å². The Bertz CT molecular complexity index is 661. The SMILES string of the molecule is CC(C)c1ccc(NC(=S)NC[C@@H](c2ccco2)N2CCCC2)cc1. The van der Waals surface area contributed by atoms with E-state index in [-0.39, 0.29) is 6.04 Å². The molecule has 1 aliphatic heterocycles. The van der Waals surface area contributed by atoms with Crippen LogP contribution < -0.4 is 10.6 Å². The monoisotopic (exact) mass is 357 g/mol. The Labute approximate surface area is 155 Å². The first-order valence-electron chi connectivity index (χ1n) is 9.06. The molecule has 5 heteroatoms. The van der Waals surface area contributed by atoms with Gasteiger partial charge in [-0.05, 0) is 73.9 Å². The number of thiocarbonyl (C=S) groups is 1. The molecule has 1 aromatic heterocycles. The molecule has 1 fully saturated rings. The van der Waals surface area contributed by atoms with Crippen molar-refractivity contribution in [2.75, 3.05) is 25.0 Å². The summed E-state index contributed by atoms with van der Waals surface area (Å²) in [5.74, 6) is 1.53. The van der Waals surface area contributed by atoms with Crippen molar-refractivity contribution in [3.63, 3.8) is 0 Å². The van der Waals surface area contributed by atoms with Gasteiger partial charge in [-0.1, -0.05) is 26.0 Å². The molecule has 0 spiro atoms. The van der Waals surface area contributed by atoms with Gasteiger partial charge in [0.25, 0.3) is 0 Å². The Hall–Kier alpha value is -1.85. The summed E-state index contributed by atoms with van der Waals surface area (Å²) in [6.07, 6.45) is 4.25. The van der Waals surface area contributed by atoms with Gasteiger partial charge in [-0.15, -0.1) is 0 Å². The molecule has 3 rings (SSSR count). The van der Waals surface area contributed by atoms with Crippen molar-refractivity contribution in [1.82, 2.24) is 10.2 Å². The van der Waals surface area contributed by atoms with Gasteiger partial charge in [0.2, 0.25) is 0 Å². The second kappa shape index (κ2) is 8.50. The summed E-state index contributed by atoms with van der Waals surface area (Å²) >= 11 is 5.47. The van der Waals surface area contributed by atoms with Crippen LogP contribution in [0.25, 0.3) is 0 Å². The highest BCUT2D eigenvalue weighted by Gasteiger charge is 2.25. The maximum Gasteiger partial charge on any atom is 0.170 e. The van der Waals surface area contributed by atoms with Crippen LogP contribution in [-0.4, -0.2) is 29.6 Å². The minimum Gasteiger partial charge on any atom is -0.468 e. The van der Waals surface area contributed by atoms with Gasteiger partial charge in [0.05, 0.1) is 12.3 Å². The Morgan fingerprint density at radius 3 is 2.48 bits per heavy atom. The van der Waals surface area contributed by atoms with Crippen LogP contribution in [0.15, 0.2) is 47.1 Å². The van der Waals surface area contributed by atoms with E-state index < -0.39 is 0 Å². The van der Waals surface area contributed by atoms with Crippen molar-refractivity contribution in [3.8, 4) is 0 Å². The Morgan fingerprint density at radius 2 is 1.88 bits per heavy atom. The van der Waals surface area contributed by atoms with E-state index in [1.165, 1.54) is 18.4 Å². The fraction of sp³-hybridized carbons (Fsp3) is 0.450. The van der Waals surface area contributed by atoms with Crippen LogP contribution in [0, 0.1) is 0 Å². The number of likely N-dealkylation sites (tertiary alicyclic amines) is 1. The number of nitrogens with zero attached hydrogens (tertiary/aromatic N) is 1. The third kappa shape index (κ3) is 4.83. The number of rotatable bonds is 6. The number of nitrogens with one attached hydrogen (secondary N) is 2. The molecule has 0 aliphatic carbocycles. The lowest BCUT2D eigenvalue weighted by molar-refractivity contribution is 0.216. The van der Waals surface area contributed by atoms with Gasteiger partial charge in [-0.25, -0.2) is 0 Å². The molecule has 2 heterocycles. The number of hydrogen-bond acceptors (Lipinski definition) is 3. The number of anilines is 1. The van der Waals surface area contributed by atoms with Gasteiger partial charge in [-0.3, -0.25) is 4.90 Å². The van der Waals surface area contributed by atoms with Crippen LogP contribution in [0.4, 0.5) is 5.69 Å². The fourth-order valence-electron chi connectivity index (χ4n) is 3.26. The lowest BCUT2D eigenvalue weighted by Crippen LogP contribution is -2.38. The van der Waals surface area contributed by atoms with Crippen molar-refractivity contribution in [2.45, 2.75) is 38.6 Å². The van der Waals surface area contributed by atoms with E-state index >= 15 is 0 Å². The highest BCUT2D eigenvalue weighted by atomic mass is 32.1. The summed E-state index contributed by atoms with van der Waals surface area (Å²) in [6.45, 7) is 7.36. The van der Waals surface area contributed by atoms with Crippen molar-refractivity contribution in [1.29, 1.82) is 0 Å². The summed E-state index contributed by atoms with van der Waals surface area (Å²) in [4.78, 5) is 2.46. The molecule has 1 saturated heterocycles. The summed E-state index contributed by atoms with van der Waals surface area (Å²) in [5.41, 5.74) is 2.34. The first-order chi connectivity index (χ1) is 12.1. The average Bonchev–Trinajstić information content (AvgIpc) is 3.29. The van der Waals surface area contributed by atoms with E-state index in [0.29, 0.717) is 11.0 Å². The zero-order valence-electron chi connectivity index (χ0n) is 15.0. The van der Waals surface area contributed by atoms with Gasteiger partial charge in [0.1, 0.15) is 5.76 Å². The van der Waals surface area contributed by atoms with E-state index in [0.717, 1.165) is 31.1 Å². The molecule has 1 atom stereocenters. The molecule has 0 bridgehead atoms. The topological polar surface area (TPSA) is 40.4 Å². The largest absolute Gasteiger partial charge is 0.468 e. The summed E-state index contributed by atoms with van der Waals surface area (Å²) < 4.78 is 5.65. The van der Waals surface area contributed by atoms with Crippen molar-refractivity contribution in [2.24, 2.45) is 0 Å². The number of hydrogen-bond donors (Lipinski definition) is 2. The highest BCUT2D eigenvalue weighted by molar-refractivity contribution is 7.80. The van der Waals surface area contributed by atoms with Gasteiger partial charge in [0, 0.05) is 12.2 Å². The molecule has 0 radical (unpaired) electrons. The molecule has 4 nitrogen and oxygen atoms in total. The maximum absolute atomic E-state index is 5.65. The standard InChI is InChI=1S/C20H27N3OS/c1-15(2)16-7-9-17(10-8-16)22-20(25)21-14-18(19-6-5-13-24-19)23-11-3-4-12-23/h5-10,13,15,18H,3-4,11-12,14H2,1-2H3,(H2,21,22,25)/t18-/m0/s1. The summed E-state index contributed by atoms with van der Waals surface area (Å²) in [7, 11) is 0. The Kier molecular flexibility index (Phi) is 6.10. The Balaban J connectivity index is 1.56. The maximum atomic E-state index is 5.65. The zero-order valence-corrected chi connectivity index (χ0v) is 15.8. The van der Waals surface area contributed by atoms with Crippen LogP contribution in [-0.2, 0) is 0 Å². The average molecular weight is 358 g/mol. The smallest absolute Gasteiger partial charge is 0.170 e. The lowest BCUT2D eigenvalue weighted by atomic mass is 10.0. The molecule has 2 N–H and O–H groups in total. The normalized spacial score (nSPS) is 16.1. The van der Waals surface area contributed by atoms with E-state index in [1.807, 2.05) is 12.1 Å². The van der Waals surface area contributed by atoms with Crippen LogP contribution in [0.3, 0.4) is 0 Å². The molecule has 1 aliphatic rings. The van der Waals surface area contributed by atoms with Gasteiger partial charge >= 0.3 is 0 Å². The van der Waals surface area contributed by atoms with E-state index in [4.69, 9.17) is 16.6 Å². The second-order valence-corrected chi connectivity index (χ2v) is 7.29. The predicted molar refractivity (Wildman–Crippen MR) is 107 cm³/mol. The molecular formula is C20H27N3OS. The zero-order chi connectivity index (χ0) is 17.6. The van der Waals surface area contributed by atoms with E-state index in [9.17, 15) is 0 Å². The summed E-state index contributed by atoms with van der Waals surface area (Å²) in [5, 5.41) is 7.27. The van der Waals surface area contributed by atoms with Crippen LogP contribution in [0.1, 0.15) is 50.0 Å². The quantitative estimate of drug-likeness (QED) is 0.744. The lowest BCUT2D eigenvalue weighted by Gasteiger charge is -2.26. The molecular weight excluding hydrogens is 330 g/mol. The molecule has 25 heavy (non-hydrogen) atoms. The molecule has 0 saturated carbocycles. The minimum absolute atomic E-state index is 0.223. The minimum atomic E-state index is 0.223. The molecule has 0 unspecified atom stereocenters. The molecule has 0 amide bonds. The first-order valence-corrected chi connectivity index (χ1v) is 9.46. The van der Waals surface area contributed by atoms with Gasteiger partial charge < -0.3 is 15.1 Å². The third-order valence-electron chi connectivity index (χ3n) is 4.74. The number of benzene rings is 1. The van der Waals surface area contributed by atoms with Crippen molar-refractivity contribution >= 4 is 23.0 Å². The molecule has 134 valence electrons. The first kappa shape index (κ1) is 18.0. The van der Waals surface area contributed by atoms with Gasteiger partial charge in [0.15, 0.2) is 5.11 Å². The van der Waals surface area contributed by atoms with Gasteiger partial charge in [-0.2, -0.15) is 0 Å². The highest BCUT2D eigenvalue weighted by Crippen LogP contribution is 2.25.